The van der Waals surface area contributed by atoms with Crippen molar-refractivity contribution >= 4 is 11.7 Å². The molecule has 1 unspecified atom stereocenters. The van der Waals surface area contributed by atoms with Crippen LogP contribution in [0.3, 0.4) is 0 Å². The van der Waals surface area contributed by atoms with Crippen molar-refractivity contribution in [3.8, 4) is 0 Å². The van der Waals surface area contributed by atoms with Crippen molar-refractivity contribution in [1.29, 1.82) is 0 Å². The van der Waals surface area contributed by atoms with Crippen LogP contribution >= 0.6 is 0 Å². The van der Waals surface area contributed by atoms with Gasteiger partial charge in [0.15, 0.2) is 0 Å². The lowest BCUT2D eigenvalue weighted by Crippen LogP contribution is -2.40. The topological polar surface area (TPSA) is 54.0 Å². The van der Waals surface area contributed by atoms with Crippen molar-refractivity contribution in [3.05, 3.63) is 23.9 Å². The summed E-state index contributed by atoms with van der Waals surface area (Å²) >= 11 is 0. The third kappa shape index (κ3) is 3.69. The first-order chi connectivity index (χ1) is 9.00. The molecule has 1 aromatic heterocycles. The number of nitrogens with one attached hydrogen (secondary N) is 2. The molecule has 2 rings (SSSR count). The first-order valence-corrected chi connectivity index (χ1v) is 6.96. The van der Waals surface area contributed by atoms with Gasteiger partial charge in [-0.3, -0.25) is 4.79 Å². The molecule has 19 heavy (non-hydrogen) atoms. The molecule has 1 fully saturated rings. The third-order valence-corrected chi connectivity index (χ3v) is 3.78. The molecule has 1 saturated carbocycles. The van der Waals surface area contributed by atoms with E-state index >= 15 is 0 Å². The van der Waals surface area contributed by atoms with Crippen LogP contribution in [0.25, 0.3) is 0 Å². The maximum absolute atomic E-state index is 12.2. The van der Waals surface area contributed by atoms with Crippen LogP contribution in [-0.4, -0.2) is 24.0 Å². The molecule has 0 aliphatic heterocycles. The SMILES string of the molecule is CNc1cccc(C(=O)NC2CCCC(C)(C)C2)n1. The molecule has 0 aromatic carbocycles. The number of aromatic nitrogens is 1. The molecule has 0 bridgehead atoms. The third-order valence-electron chi connectivity index (χ3n) is 3.78. The second-order valence-electron chi connectivity index (χ2n) is 6.09. The summed E-state index contributed by atoms with van der Waals surface area (Å²) in [6.45, 7) is 4.54. The molecule has 0 radical (unpaired) electrons. The Morgan fingerprint density at radius 1 is 1.42 bits per heavy atom. The molecule has 0 saturated heterocycles. The number of rotatable bonds is 3. The van der Waals surface area contributed by atoms with E-state index < -0.39 is 0 Å². The van der Waals surface area contributed by atoms with E-state index in [1.165, 1.54) is 12.8 Å². The van der Waals surface area contributed by atoms with Gasteiger partial charge in [0.05, 0.1) is 0 Å². The van der Waals surface area contributed by atoms with Crippen LogP contribution in [0.15, 0.2) is 18.2 Å². The van der Waals surface area contributed by atoms with Crippen LogP contribution in [0.4, 0.5) is 5.82 Å². The normalized spacial score (nSPS) is 21.7. The van der Waals surface area contributed by atoms with Gasteiger partial charge in [0.1, 0.15) is 11.5 Å². The van der Waals surface area contributed by atoms with Crippen LogP contribution in [0, 0.1) is 5.41 Å². The molecule has 1 aromatic rings. The van der Waals surface area contributed by atoms with E-state index in [2.05, 4.69) is 29.5 Å². The Bertz CT molecular complexity index is 456. The number of hydrogen-bond donors (Lipinski definition) is 2. The number of amides is 1. The molecular weight excluding hydrogens is 238 g/mol. The van der Waals surface area contributed by atoms with Gasteiger partial charge in [-0.05, 0) is 36.8 Å². The van der Waals surface area contributed by atoms with Crippen LogP contribution < -0.4 is 10.6 Å². The van der Waals surface area contributed by atoms with Crippen molar-refractivity contribution in [2.24, 2.45) is 5.41 Å². The van der Waals surface area contributed by atoms with E-state index in [1.54, 1.807) is 13.1 Å². The predicted molar refractivity (Wildman–Crippen MR) is 77.3 cm³/mol. The van der Waals surface area contributed by atoms with E-state index in [1.807, 2.05) is 12.1 Å². The first-order valence-electron chi connectivity index (χ1n) is 6.96. The number of anilines is 1. The first kappa shape index (κ1) is 13.8. The highest BCUT2D eigenvalue weighted by molar-refractivity contribution is 5.92. The molecule has 0 spiro atoms. The van der Waals surface area contributed by atoms with Gasteiger partial charge in [-0.25, -0.2) is 4.98 Å². The lowest BCUT2D eigenvalue weighted by atomic mass is 9.75. The maximum atomic E-state index is 12.2. The summed E-state index contributed by atoms with van der Waals surface area (Å²) in [5, 5.41) is 6.06. The minimum Gasteiger partial charge on any atom is -0.373 e. The second kappa shape index (κ2) is 5.59. The van der Waals surface area contributed by atoms with E-state index in [4.69, 9.17) is 0 Å². The summed E-state index contributed by atoms with van der Waals surface area (Å²) in [6, 6.07) is 5.72. The number of nitrogens with zero attached hydrogens (tertiary/aromatic N) is 1. The molecule has 1 aliphatic rings. The fourth-order valence-electron chi connectivity index (χ4n) is 2.78. The number of carbonyl (C=O) groups is 1. The quantitative estimate of drug-likeness (QED) is 0.879. The largest absolute Gasteiger partial charge is 0.373 e. The minimum atomic E-state index is -0.0696. The molecule has 2 N–H and O–H groups in total. The van der Waals surface area contributed by atoms with Gasteiger partial charge in [-0.2, -0.15) is 0 Å². The zero-order valence-electron chi connectivity index (χ0n) is 12.0. The van der Waals surface area contributed by atoms with Gasteiger partial charge in [-0.1, -0.05) is 26.3 Å². The number of carbonyl (C=O) groups excluding carboxylic acids is 1. The summed E-state index contributed by atoms with van der Waals surface area (Å²) in [5.41, 5.74) is 0.812. The van der Waals surface area contributed by atoms with Gasteiger partial charge in [-0.15, -0.1) is 0 Å². The highest BCUT2D eigenvalue weighted by atomic mass is 16.1. The Hall–Kier alpha value is -1.58. The average Bonchev–Trinajstić information content (AvgIpc) is 2.37. The van der Waals surface area contributed by atoms with Crippen LogP contribution in [0.5, 0.6) is 0 Å². The monoisotopic (exact) mass is 261 g/mol. The molecule has 104 valence electrons. The molecule has 4 nitrogen and oxygen atoms in total. The van der Waals surface area contributed by atoms with Crippen molar-refractivity contribution in [1.82, 2.24) is 10.3 Å². The number of hydrogen-bond acceptors (Lipinski definition) is 3. The summed E-state index contributed by atoms with van der Waals surface area (Å²) < 4.78 is 0. The van der Waals surface area contributed by atoms with Crippen LogP contribution in [-0.2, 0) is 0 Å². The maximum Gasteiger partial charge on any atom is 0.270 e. The average molecular weight is 261 g/mol. The molecular formula is C15H23N3O. The van der Waals surface area contributed by atoms with Crippen molar-refractivity contribution in [3.63, 3.8) is 0 Å². The highest BCUT2D eigenvalue weighted by Crippen LogP contribution is 2.35. The smallest absolute Gasteiger partial charge is 0.270 e. The fourth-order valence-corrected chi connectivity index (χ4v) is 2.78. The Labute approximate surface area is 115 Å². The van der Waals surface area contributed by atoms with E-state index in [0.717, 1.165) is 18.7 Å². The zero-order valence-corrected chi connectivity index (χ0v) is 12.0. The summed E-state index contributed by atoms with van der Waals surface area (Å²) in [4.78, 5) is 16.5. The molecule has 1 atom stereocenters. The Balaban J connectivity index is 2.00. The molecule has 1 aliphatic carbocycles. The lowest BCUT2D eigenvalue weighted by Gasteiger charge is -2.35. The summed E-state index contributed by atoms with van der Waals surface area (Å²) in [7, 11) is 1.80. The van der Waals surface area contributed by atoms with Crippen molar-refractivity contribution < 1.29 is 4.79 Å². The molecule has 1 amide bonds. The predicted octanol–water partition coefficient (Wildman–Crippen LogP) is 2.82. The second-order valence-corrected chi connectivity index (χ2v) is 6.09. The number of pyridine rings is 1. The lowest BCUT2D eigenvalue weighted by molar-refractivity contribution is 0.0897. The van der Waals surface area contributed by atoms with Gasteiger partial charge in [0.2, 0.25) is 0 Å². The van der Waals surface area contributed by atoms with Gasteiger partial charge >= 0.3 is 0 Å². The van der Waals surface area contributed by atoms with Crippen molar-refractivity contribution in [2.75, 3.05) is 12.4 Å². The van der Waals surface area contributed by atoms with Crippen LogP contribution in [0.1, 0.15) is 50.0 Å². The molecule has 1 heterocycles. The fraction of sp³-hybridized carbons (Fsp3) is 0.600. The minimum absolute atomic E-state index is 0.0696. The van der Waals surface area contributed by atoms with Gasteiger partial charge in [0.25, 0.3) is 5.91 Å². The van der Waals surface area contributed by atoms with Crippen LogP contribution in [0.2, 0.25) is 0 Å². The highest BCUT2D eigenvalue weighted by Gasteiger charge is 2.29. The summed E-state index contributed by atoms with van der Waals surface area (Å²) in [6.07, 6.45) is 4.54. The zero-order chi connectivity index (χ0) is 13.9. The van der Waals surface area contributed by atoms with Gasteiger partial charge < -0.3 is 10.6 Å². The van der Waals surface area contributed by atoms with Crippen molar-refractivity contribution in [2.45, 2.75) is 45.6 Å². The Kier molecular flexibility index (Phi) is 4.08. The van der Waals surface area contributed by atoms with E-state index in [-0.39, 0.29) is 11.9 Å². The van der Waals surface area contributed by atoms with E-state index in [9.17, 15) is 4.79 Å². The van der Waals surface area contributed by atoms with E-state index in [0.29, 0.717) is 11.1 Å². The standard InChI is InChI=1S/C15H23N3O/c1-15(2)9-5-6-11(10-15)17-14(19)12-7-4-8-13(16-3)18-12/h4,7-8,11H,5-6,9-10H2,1-3H3,(H,16,18)(H,17,19). The summed E-state index contributed by atoms with van der Waals surface area (Å²) in [5.74, 6) is 0.649. The van der Waals surface area contributed by atoms with Gasteiger partial charge in [0, 0.05) is 13.1 Å². The Morgan fingerprint density at radius 3 is 2.89 bits per heavy atom. The Morgan fingerprint density at radius 2 is 2.21 bits per heavy atom. The molecule has 4 heteroatoms.